The zero-order chi connectivity index (χ0) is 12.8. The van der Waals surface area contributed by atoms with Crippen LogP contribution >= 0.6 is 0 Å². The third-order valence-electron chi connectivity index (χ3n) is 3.51. The summed E-state index contributed by atoms with van der Waals surface area (Å²) < 4.78 is 0. The van der Waals surface area contributed by atoms with E-state index in [1.807, 2.05) is 30.3 Å². The molecule has 2 rings (SSSR count). The molecule has 0 spiro atoms. The van der Waals surface area contributed by atoms with Gasteiger partial charge >= 0.3 is 0 Å². The number of nitrogens with one attached hydrogen (secondary N) is 2. The first kappa shape index (κ1) is 12.6. The van der Waals surface area contributed by atoms with E-state index in [4.69, 9.17) is 0 Å². The van der Waals surface area contributed by atoms with E-state index in [0.29, 0.717) is 19.3 Å². The predicted molar refractivity (Wildman–Crippen MR) is 70.1 cm³/mol. The average molecular weight is 246 g/mol. The molecule has 96 valence electrons. The average Bonchev–Trinajstić information content (AvgIpc) is 2.41. The number of rotatable bonds is 4. The number of hydrogen-bond donors (Lipinski definition) is 2. The summed E-state index contributed by atoms with van der Waals surface area (Å²) in [5.74, 6) is -0.111. The Bertz CT molecular complexity index is 411. The molecule has 0 bridgehead atoms. The zero-order valence-corrected chi connectivity index (χ0v) is 10.3. The van der Waals surface area contributed by atoms with Gasteiger partial charge in [0.15, 0.2) is 0 Å². The number of carbonyl (C=O) groups is 2. The van der Waals surface area contributed by atoms with Crippen molar-refractivity contribution in [3.05, 3.63) is 30.3 Å². The van der Waals surface area contributed by atoms with Crippen molar-refractivity contribution in [3.63, 3.8) is 0 Å². The number of anilines is 1. The summed E-state index contributed by atoms with van der Waals surface area (Å²) in [6, 6.07) is 9.33. The van der Waals surface area contributed by atoms with E-state index >= 15 is 0 Å². The van der Waals surface area contributed by atoms with Gasteiger partial charge in [-0.3, -0.25) is 9.59 Å². The molecule has 18 heavy (non-hydrogen) atoms. The lowest BCUT2D eigenvalue weighted by atomic mass is 9.81. The van der Waals surface area contributed by atoms with Gasteiger partial charge in [-0.15, -0.1) is 0 Å². The van der Waals surface area contributed by atoms with Crippen LogP contribution in [0, 0.1) is 0 Å². The van der Waals surface area contributed by atoms with E-state index in [0.717, 1.165) is 24.9 Å². The van der Waals surface area contributed by atoms with E-state index in [9.17, 15) is 9.59 Å². The second-order valence-corrected chi connectivity index (χ2v) is 4.73. The maximum Gasteiger partial charge on any atom is 0.250 e. The van der Waals surface area contributed by atoms with Crippen molar-refractivity contribution in [2.24, 2.45) is 0 Å². The summed E-state index contributed by atoms with van der Waals surface area (Å²) in [5, 5.41) is 5.60. The van der Waals surface area contributed by atoms with E-state index in [1.165, 1.54) is 0 Å². The SMILES string of the molecule is O=CNC1(C(=O)Nc2ccccc2)CCCCC1. The Morgan fingerprint density at radius 2 is 1.78 bits per heavy atom. The first-order chi connectivity index (χ1) is 8.77. The van der Waals surface area contributed by atoms with Gasteiger partial charge in [0.25, 0.3) is 0 Å². The number of amides is 2. The summed E-state index contributed by atoms with van der Waals surface area (Å²) in [7, 11) is 0. The van der Waals surface area contributed by atoms with Crippen LogP contribution in [0.3, 0.4) is 0 Å². The fraction of sp³-hybridized carbons (Fsp3) is 0.429. The lowest BCUT2D eigenvalue weighted by Crippen LogP contribution is -2.55. The lowest BCUT2D eigenvalue weighted by Gasteiger charge is -2.35. The first-order valence-corrected chi connectivity index (χ1v) is 6.35. The monoisotopic (exact) mass is 246 g/mol. The molecule has 0 heterocycles. The smallest absolute Gasteiger partial charge is 0.250 e. The van der Waals surface area contributed by atoms with Crippen LogP contribution in [-0.2, 0) is 9.59 Å². The Hall–Kier alpha value is -1.84. The summed E-state index contributed by atoms with van der Waals surface area (Å²) in [4.78, 5) is 23.1. The molecule has 2 N–H and O–H groups in total. The first-order valence-electron chi connectivity index (χ1n) is 6.35. The highest BCUT2D eigenvalue weighted by atomic mass is 16.2. The van der Waals surface area contributed by atoms with Crippen molar-refractivity contribution < 1.29 is 9.59 Å². The zero-order valence-electron chi connectivity index (χ0n) is 10.3. The Labute approximate surface area is 107 Å². The van der Waals surface area contributed by atoms with Crippen LogP contribution in [0.1, 0.15) is 32.1 Å². The predicted octanol–water partition coefficient (Wildman–Crippen LogP) is 2.07. The Morgan fingerprint density at radius 1 is 1.11 bits per heavy atom. The van der Waals surface area contributed by atoms with Crippen molar-refractivity contribution in [1.82, 2.24) is 5.32 Å². The second-order valence-electron chi connectivity index (χ2n) is 4.73. The fourth-order valence-corrected chi connectivity index (χ4v) is 2.48. The minimum Gasteiger partial charge on any atom is -0.344 e. The molecule has 0 aliphatic heterocycles. The van der Waals surface area contributed by atoms with Crippen molar-refractivity contribution >= 4 is 18.0 Å². The highest BCUT2D eigenvalue weighted by Gasteiger charge is 2.39. The normalized spacial score (nSPS) is 17.8. The van der Waals surface area contributed by atoms with Gasteiger partial charge in [-0.25, -0.2) is 0 Å². The van der Waals surface area contributed by atoms with E-state index in [2.05, 4.69) is 10.6 Å². The molecule has 2 amide bonds. The molecular formula is C14H18N2O2. The molecular weight excluding hydrogens is 228 g/mol. The number of benzene rings is 1. The maximum absolute atomic E-state index is 12.3. The standard InChI is InChI=1S/C14H18N2O2/c17-11-15-14(9-5-2-6-10-14)13(18)16-12-7-3-1-4-8-12/h1,3-4,7-8,11H,2,5-6,9-10H2,(H,15,17)(H,16,18). The van der Waals surface area contributed by atoms with Gasteiger partial charge in [-0.1, -0.05) is 37.5 Å². The molecule has 1 fully saturated rings. The minimum absolute atomic E-state index is 0.111. The number of carbonyl (C=O) groups excluding carboxylic acids is 2. The summed E-state index contributed by atoms with van der Waals surface area (Å²) in [5.41, 5.74) is 0.0377. The van der Waals surface area contributed by atoms with Gasteiger partial charge in [0.05, 0.1) is 0 Å². The van der Waals surface area contributed by atoms with Gasteiger partial charge in [0.2, 0.25) is 12.3 Å². The lowest BCUT2D eigenvalue weighted by molar-refractivity contribution is -0.127. The van der Waals surface area contributed by atoms with Crippen LogP contribution in [0.4, 0.5) is 5.69 Å². The van der Waals surface area contributed by atoms with E-state index in [-0.39, 0.29) is 5.91 Å². The van der Waals surface area contributed by atoms with Crippen molar-refractivity contribution in [1.29, 1.82) is 0 Å². The molecule has 1 aliphatic carbocycles. The Morgan fingerprint density at radius 3 is 2.39 bits per heavy atom. The van der Waals surface area contributed by atoms with Crippen LogP contribution in [0.15, 0.2) is 30.3 Å². The van der Waals surface area contributed by atoms with Crippen LogP contribution < -0.4 is 10.6 Å². The van der Waals surface area contributed by atoms with Gasteiger partial charge < -0.3 is 10.6 Å². The molecule has 0 atom stereocenters. The van der Waals surface area contributed by atoms with Crippen molar-refractivity contribution in [2.75, 3.05) is 5.32 Å². The third kappa shape index (κ3) is 2.70. The summed E-state index contributed by atoms with van der Waals surface area (Å²) >= 11 is 0. The quantitative estimate of drug-likeness (QED) is 0.799. The van der Waals surface area contributed by atoms with Crippen LogP contribution in [0.2, 0.25) is 0 Å². The van der Waals surface area contributed by atoms with Crippen LogP contribution in [0.25, 0.3) is 0 Å². The van der Waals surface area contributed by atoms with Gasteiger partial charge in [-0.2, -0.15) is 0 Å². The van der Waals surface area contributed by atoms with Gasteiger partial charge in [0, 0.05) is 5.69 Å². The highest BCUT2D eigenvalue weighted by Crippen LogP contribution is 2.29. The second kappa shape index (κ2) is 5.67. The molecule has 4 nitrogen and oxygen atoms in total. The molecule has 0 radical (unpaired) electrons. The summed E-state index contributed by atoms with van der Waals surface area (Å²) in [6.07, 6.45) is 5.14. The molecule has 0 unspecified atom stereocenters. The van der Waals surface area contributed by atoms with Crippen molar-refractivity contribution in [2.45, 2.75) is 37.6 Å². The summed E-state index contributed by atoms with van der Waals surface area (Å²) in [6.45, 7) is 0. The molecule has 1 aromatic rings. The highest BCUT2D eigenvalue weighted by molar-refractivity contribution is 5.99. The van der Waals surface area contributed by atoms with Crippen LogP contribution in [0.5, 0.6) is 0 Å². The molecule has 4 heteroatoms. The number of hydrogen-bond acceptors (Lipinski definition) is 2. The maximum atomic E-state index is 12.3. The molecule has 0 aromatic heterocycles. The molecule has 1 aliphatic rings. The molecule has 0 saturated heterocycles. The van der Waals surface area contributed by atoms with Crippen LogP contribution in [-0.4, -0.2) is 17.9 Å². The van der Waals surface area contributed by atoms with Crippen molar-refractivity contribution in [3.8, 4) is 0 Å². The molecule has 1 saturated carbocycles. The fourth-order valence-electron chi connectivity index (χ4n) is 2.48. The largest absolute Gasteiger partial charge is 0.344 e. The number of para-hydroxylation sites is 1. The third-order valence-corrected chi connectivity index (χ3v) is 3.51. The van der Waals surface area contributed by atoms with Gasteiger partial charge in [-0.05, 0) is 25.0 Å². The van der Waals surface area contributed by atoms with E-state index < -0.39 is 5.54 Å². The Balaban J connectivity index is 2.11. The molecule has 1 aromatic carbocycles. The van der Waals surface area contributed by atoms with Gasteiger partial charge in [0.1, 0.15) is 5.54 Å². The topological polar surface area (TPSA) is 58.2 Å². The Kier molecular flexibility index (Phi) is 3.97. The minimum atomic E-state index is -0.726. The van der Waals surface area contributed by atoms with E-state index in [1.54, 1.807) is 0 Å².